The van der Waals surface area contributed by atoms with Crippen LogP contribution in [0, 0.1) is 0 Å². The molecule has 0 aromatic carbocycles. The van der Waals surface area contributed by atoms with Crippen LogP contribution in [0.15, 0.2) is 16.9 Å². The Balaban J connectivity index is 2.85. The predicted molar refractivity (Wildman–Crippen MR) is 57.0 cm³/mol. The highest BCUT2D eigenvalue weighted by Crippen LogP contribution is 2.18. The molecule has 6 heteroatoms. The second kappa shape index (κ2) is 3.62. The van der Waals surface area contributed by atoms with Gasteiger partial charge in [-0.3, -0.25) is 0 Å². The van der Waals surface area contributed by atoms with E-state index >= 15 is 0 Å². The summed E-state index contributed by atoms with van der Waals surface area (Å²) in [5, 5.41) is 13.1. The number of carbonyl (C=O) groups is 1. The third kappa shape index (κ3) is 1.50. The number of carboxylic acid groups (broad SMARTS) is 1. The third-order valence-electron chi connectivity index (χ3n) is 2.14. The molecule has 2 rings (SSSR count). The molecule has 0 aliphatic heterocycles. The van der Waals surface area contributed by atoms with Crippen LogP contribution in [0.4, 0.5) is 0 Å². The second-order valence-corrected chi connectivity index (χ2v) is 3.87. The minimum absolute atomic E-state index is 0.174. The number of halogens is 1. The Bertz CT molecular complexity index is 535. The van der Waals surface area contributed by atoms with E-state index in [1.54, 1.807) is 6.20 Å². The molecule has 0 radical (unpaired) electrons. The first-order chi connectivity index (χ1) is 7.15. The van der Waals surface area contributed by atoms with Gasteiger partial charge in [-0.05, 0) is 22.4 Å². The number of aromatic carboxylic acids is 1. The minimum atomic E-state index is -0.991. The second-order valence-electron chi connectivity index (χ2n) is 3.02. The van der Waals surface area contributed by atoms with Gasteiger partial charge in [0.05, 0.1) is 10.7 Å². The van der Waals surface area contributed by atoms with Crippen molar-refractivity contribution in [3.63, 3.8) is 0 Å². The monoisotopic (exact) mass is 269 g/mol. The van der Waals surface area contributed by atoms with Gasteiger partial charge in [0.2, 0.25) is 0 Å². The summed E-state index contributed by atoms with van der Waals surface area (Å²) in [6, 6.07) is 0. The Morgan fingerprint density at radius 2 is 2.33 bits per heavy atom. The Morgan fingerprint density at radius 3 is 2.93 bits per heavy atom. The van der Waals surface area contributed by atoms with Crippen LogP contribution in [0.1, 0.15) is 23.0 Å². The molecule has 2 aromatic heterocycles. The van der Waals surface area contributed by atoms with Gasteiger partial charge in [0, 0.05) is 11.8 Å². The van der Waals surface area contributed by atoms with E-state index in [1.165, 1.54) is 10.7 Å². The molecule has 0 saturated carbocycles. The number of aromatic nitrogens is 3. The maximum absolute atomic E-state index is 11.1. The van der Waals surface area contributed by atoms with E-state index in [0.717, 1.165) is 0 Å². The van der Waals surface area contributed by atoms with Crippen molar-refractivity contribution in [1.29, 1.82) is 0 Å². The van der Waals surface area contributed by atoms with Crippen LogP contribution in [0.25, 0.3) is 5.65 Å². The Hall–Kier alpha value is -1.43. The highest BCUT2D eigenvalue weighted by molar-refractivity contribution is 9.10. The number of hydrogen-bond donors (Lipinski definition) is 1. The zero-order valence-electron chi connectivity index (χ0n) is 7.94. The molecule has 2 aromatic rings. The normalized spacial score (nSPS) is 10.8. The lowest BCUT2D eigenvalue weighted by atomic mass is 10.2. The molecule has 0 fully saturated rings. The summed E-state index contributed by atoms with van der Waals surface area (Å²) in [6.07, 6.45) is 3.72. The number of fused-ring (bicyclic) bond motifs is 1. The van der Waals surface area contributed by atoms with Crippen molar-refractivity contribution in [2.24, 2.45) is 0 Å². The summed E-state index contributed by atoms with van der Waals surface area (Å²) in [6.45, 7) is 1.88. The summed E-state index contributed by atoms with van der Waals surface area (Å²) in [7, 11) is 0. The van der Waals surface area contributed by atoms with E-state index in [1.807, 2.05) is 6.92 Å². The summed E-state index contributed by atoms with van der Waals surface area (Å²) < 4.78 is 2.03. The van der Waals surface area contributed by atoms with E-state index < -0.39 is 5.97 Å². The lowest BCUT2D eigenvalue weighted by Crippen LogP contribution is -2.11. The smallest absolute Gasteiger partial charge is 0.354 e. The van der Waals surface area contributed by atoms with E-state index in [9.17, 15) is 4.79 Å². The molecular weight excluding hydrogens is 262 g/mol. The molecule has 0 saturated heterocycles. The molecule has 0 aliphatic carbocycles. The van der Waals surface area contributed by atoms with Crippen LogP contribution in [-0.4, -0.2) is 25.7 Å². The molecule has 0 atom stereocenters. The van der Waals surface area contributed by atoms with Crippen molar-refractivity contribution >= 4 is 27.5 Å². The van der Waals surface area contributed by atoms with Crippen LogP contribution >= 0.6 is 15.9 Å². The maximum atomic E-state index is 11.1. The maximum Gasteiger partial charge on any atom is 0.354 e. The fourth-order valence-electron chi connectivity index (χ4n) is 1.42. The SMILES string of the molecule is CCc1cnc2c(Br)cnn2c1C(=O)O. The van der Waals surface area contributed by atoms with Crippen LogP contribution in [-0.2, 0) is 6.42 Å². The van der Waals surface area contributed by atoms with Gasteiger partial charge in [-0.25, -0.2) is 14.3 Å². The zero-order valence-corrected chi connectivity index (χ0v) is 9.52. The Labute approximate surface area is 93.9 Å². The van der Waals surface area contributed by atoms with Gasteiger partial charge in [0.25, 0.3) is 0 Å². The van der Waals surface area contributed by atoms with Crippen LogP contribution < -0.4 is 0 Å². The molecular formula is C9H8BrN3O2. The van der Waals surface area contributed by atoms with E-state index in [2.05, 4.69) is 26.0 Å². The van der Waals surface area contributed by atoms with Crippen molar-refractivity contribution in [2.75, 3.05) is 0 Å². The van der Waals surface area contributed by atoms with Crippen molar-refractivity contribution in [3.05, 3.63) is 28.1 Å². The quantitative estimate of drug-likeness (QED) is 0.902. The molecule has 15 heavy (non-hydrogen) atoms. The predicted octanol–water partition coefficient (Wildman–Crippen LogP) is 1.75. The standard InChI is InChI=1S/C9H8BrN3O2/c1-2-5-3-11-8-6(10)4-12-13(8)7(5)9(14)15/h3-4H,2H2,1H3,(H,14,15). The summed E-state index contributed by atoms with van der Waals surface area (Å²) in [4.78, 5) is 15.2. The molecule has 0 amide bonds. The lowest BCUT2D eigenvalue weighted by molar-refractivity contribution is 0.0686. The van der Waals surface area contributed by atoms with Crippen LogP contribution in [0.2, 0.25) is 0 Å². The molecule has 1 N–H and O–H groups in total. The number of rotatable bonds is 2. The third-order valence-corrected chi connectivity index (χ3v) is 2.70. The average Bonchev–Trinajstić information content (AvgIpc) is 2.58. The van der Waals surface area contributed by atoms with Gasteiger partial charge in [0.15, 0.2) is 11.3 Å². The Morgan fingerprint density at radius 1 is 1.60 bits per heavy atom. The number of nitrogens with zero attached hydrogens (tertiary/aromatic N) is 3. The van der Waals surface area contributed by atoms with Crippen molar-refractivity contribution < 1.29 is 9.90 Å². The van der Waals surface area contributed by atoms with Gasteiger partial charge in [-0.15, -0.1) is 0 Å². The highest BCUT2D eigenvalue weighted by atomic mass is 79.9. The molecule has 78 valence electrons. The van der Waals surface area contributed by atoms with Crippen molar-refractivity contribution in [2.45, 2.75) is 13.3 Å². The van der Waals surface area contributed by atoms with Crippen molar-refractivity contribution in [3.8, 4) is 0 Å². The van der Waals surface area contributed by atoms with Gasteiger partial charge in [0.1, 0.15) is 0 Å². The van der Waals surface area contributed by atoms with Gasteiger partial charge < -0.3 is 5.11 Å². The lowest BCUT2D eigenvalue weighted by Gasteiger charge is -2.04. The minimum Gasteiger partial charge on any atom is -0.476 e. The highest BCUT2D eigenvalue weighted by Gasteiger charge is 2.16. The van der Waals surface area contributed by atoms with Crippen LogP contribution in [0.3, 0.4) is 0 Å². The zero-order chi connectivity index (χ0) is 11.0. The Kier molecular flexibility index (Phi) is 2.44. The summed E-state index contributed by atoms with van der Waals surface area (Å²) in [5.74, 6) is -0.991. The molecule has 0 spiro atoms. The number of hydrogen-bond acceptors (Lipinski definition) is 3. The first-order valence-electron chi connectivity index (χ1n) is 4.39. The average molecular weight is 270 g/mol. The van der Waals surface area contributed by atoms with E-state index in [4.69, 9.17) is 5.11 Å². The fraction of sp³-hybridized carbons (Fsp3) is 0.222. The number of aryl methyl sites for hydroxylation is 1. The molecule has 0 bridgehead atoms. The largest absolute Gasteiger partial charge is 0.476 e. The molecule has 0 unspecified atom stereocenters. The molecule has 0 aliphatic rings. The molecule has 2 heterocycles. The summed E-state index contributed by atoms with van der Waals surface area (Å²) in [5.41, 5.74) is 1.36. The van der Waals surface area contributed by atoms with Crippen LogP contribution in [0.5, 0.6) is 0 Å². The van der Waals surface area contributed by atoms with Gasteiger partial charge in [-0.1, -0.05) is 6.92 Å². The topological polar surface area (TPSA) is 67.5 Å². The number of carboxylic acids is 1. The molecule has 5 nitrogen and oxygen atoms in total. The van der Waals surface area contributed by atoms with E-state index in [-0.39, 0.29) is 5.69 Å². The van der Waals surface area contributed by atoms with Gasteiger partial charge >= 0.3 is 5.97 Å². The van der Waals surface area contributed by atoms with Gasteiger partial charge in [-0.2, -0.15) is 5.10 Å². The first-order valence-corrected chi connectivity index (χ1v) is 5.18. The van der Waals surface area contributed by atoms with E-state index in [0.29, 0.717) is 22.1 Å². The summed E-state index contributed by atoms with van der Waals surface area (Å²) >= 11 is 3.26. The fourth-order valence-corrected chi connectivity index (χ4v) is 1.79. The van der Waals surface area contributed by atoms with Crippen molar-refractivity contribution in [1.82, 2.24) is 14.6 Å². The first kappa shape index (κ1) is 10.1.